The van der Waals surface area contributed by atoms with E-state index < -0.39 is 5.60 Å². The Hall–Kier alpha value is -2.73. The molecule has 0 aromatic heterocycles. The van der Waals surface area contributed by atoms with Crippen LogP contribution in [-0.4, -0.2) is 32.3 Å². The highest BCUT2D eigenvalue weighted by molar-refractivity contribution is 5.92. The van der Waals surface area contributed by atoms with Crippen molar-refractivity contribution in [3.8, 4) is 11.5 Å². The van der Waals surface area contributed by atoms with Gasteiger partial charge in [0.15, 0.2) is 17.5 Å². The van der Waals surface area contributed by atoms with E-state index in [0.29, 0.717) is 32.3 Å². The zero-order valence-electron chi connectivity index (χ0n) is 16.2. The van der Waals surface area contributed by atoms with Gasteiger partial charge in [-0.25, -0.2) is 4.99 Å². The normalized spacial score (nSPS) is 21.5. The number of rotatable bonds is 4. The lowest BCUT2D eigenvalue weighted by molar-refractivity contribution is -0.0558. The highest BCUT2D eigenvalue weighted by atomic mass is 16.5. The molecule has 0 fully saturated rings. The molecule has 0 amide bonds. The minimum absolute atomic E-state index is 0.356. The minimum Gasteiger partial charge on any atom is -0.490 e. The summed E-state index contributed by atoms with van der Waals surface area (Å²) in [6.07, 6.45) is 2.65. The number of anilines is 1. The third kappa shape index (κ3) is 3.78. The van der Waals surface area contributed by atoms with E-state index in [2.05, 4.69) is 41.5 Å². The van der Waals surface area contributed by atoms with Gasteiger partial charge in [-0.1, -0.05) is 31.2 Å². The van der Waals surface area contributed by atoms with Crippen LogP contribution in [0.15, 0.2) is 47.5 Å². The molecule has 6 heteroatoms. The van der Waals surface area contributed by atoms with E-state index in [-0.39, 0.29) is 0 Å². The average Bonchev–Trinajstić information content (AvgIpc) is 2.97. The van der Waals surface area contributed by atoms with Crippen molar-refractivity contribution in [1.29, 1.82) is 0 Å². The summed E-state index contributed by atoms with van der Waals surface area (Å²) in [6.45, 7) is 4.63. The summed E-state index contributed by atoms with van der Waals surface area (Å²) >= 11 is 0. The molecule has 1 atom stereocenters. The predicted octanol–water partition coefficient (Wildman–Crippen LogP) is 3.45. The molecular weight excluding hydrogens is 354 g/mol. The van der Waals surface area contributed by atoms with E-state index >= 15 is 0 Å². The van der Waals surface area contributed by atoms with Crippen LogP contribution in [0.3, 0.4) is 0 Å². The zero-order valence-corrected chi connectivity index (χ0v) is 16.2. The van der Waals surface area contributed by atoms with Gasteiger partial charge in [0.25, 0.3) is 0 Å². The van der Waals surface area contributed by atoms with Gasteiger partial charge in [-0.2, -0.15) is 0 Å². The Labute approximate surface area is 165 Å². The SMILES string of the molecule is CCC1(CN=C(N)Nc2ccc3c(c2)OCCCO3)OCCc2ccccc21. The van der Waals surface area contributed by atoms with Crippen LogP contribution in [0.1, 0.15) is 30.9 Å². The zero-order chi connectivity index (χ0) is 19.4. The van der Waals surface area contributed by atoms with Crippen LogP contribution in [0.4, 0.5) is 5.69 Å². The predicted molar refractivity (Wildman–Crippen MR) is 110 cm³/mol. The van der Waals surface area contributed by atoms with E-state index in [0.717, 1.165) is 36.4 Å². The Balaban J connectivity index is 1.50. The van der Waals surface area contributed by atoms with Gasteiger partial charge in [-0.05, 0) is 36.1 Å². The van der Waals surface area contributed by atoms with Crippen molar-refractivity contribution >= 4 is 11.6 Å². The summed E-state index contributed by atoms with van der Waals surface area (Å²) in [6, 6.07) is 14.1. The first-order valence-electron chi connectivity index (χ1n) is 9.89. The van der Waals surface area contributed by atoms with Crippen molar-refractivity contribution in [2.75, 3.05) is 31.7 Å². The average molecular weight is 381 g/mol. The minimum atomic E-state index is -0.425. The van der Waals surface area contributed by atoms with Crippen LogP contribution < -0.4 is 20.5 Å². The van der Waals surface area contributed by atoms with Crippen LogP contribution >= 0.6 is 0 Å². The van der Waals surface area contributed by atoms with E-state index in [4.69, 9.17) is 19.9 Å². The Morgan fingerprint density at radius 1 is 1.11 bits per heavy atom. The molecule has 0 radical (unpaired) electrons. The van der Waals surface area contributed by atoms with Crippen LogP contribution in [0.25, 0.3) is 0 Å². The van der Waals surface area contributed by atoms with Crippen LogP contribution in [-0.2, 0) is 16.8 Å². The Morgan fingerprint density at radius 3 is 2.79 bits per heavy atom. The number of nitrogens with one attached hydrogen (secondary N) is 1. The summed E-state index contributed by atoms with van der Waals surface area (Å²) in [5, 5.41) is 3.15. The van der Waals surface area contributed by atoms with Gasteiger partial charge in [-0.15, -0.1) is 0 Å². The second-order valence-electron chi connectivity index (χ2n) is 7.14. The van der Waals surface area contributed by atoms with Crippen LogP contribution in [0, 0.1) is 0 Å². The largest absolute Gasteiger partial charge is 0.490 e. The Bertz CT molecular complexity index is 868. The number of ether oxygens (including phenoxy) is 3. The van der Waals surface area contributed by atoms with Crippen molar-refractivity contribution in [3.63, 3.8) is 0 Å². The van der Waals surface area contributed by atoms with Crippen LogP contribution in [0.2, 0.25) is 0 Å². The topological polar surface area (TPSA) is 78.1 Å². The van der Waals surface area contributed by atoms with E-state index in [1.54, 1.807) is 0 Å². The second kappa shape index (κ2) is 8.10. The van der Waals surface area contributed by atoms with Gasteiger partial charge >= 0.3 is 0 Å². The number of hydrogen-bond donors (Lipinski definition) is 2. The molecule has 2 heterocycles. The van der Waals surface area contributed by atoms with Gasteiger partial charge in [0.05, 0.1) is 26.4 Å². The molecule has 3 N–H and O–H groups in total. The van der Waals surface area contributed by atoms with Gasteiger partial charge in [0.1, 0.15) is 5.60 Å². The Morgan fingerprint density at radius 2 is 1.93 bits per heavy atom. The molecule has 0 spiro atoms. The maximum atomic E-state index is 6.20. The number of guanidine groups is 1. The lowest BCUT2D eigenvalue weighted by Crippen LogP contribution is -2.39. The monoisotopic (exact) mass is 381 g/mol. The Kier molecular flexibility index (Phi) is 5.39. The third-order valence-electron chi connectivity index (χ3n) is 5.35. The highest BCUT2D eigenvalue weighted by Crippen LogP contribution is 2.36. The van der Waals surface area contributed by atoms with Crippen molar-refractivity contribution in [2.24, 2.45) is 10.7 Å². The summed E-state index contributed by atoms with van der Waals surface area (Å²) in [5.74, 6) is 1.84. The first kappa shape index (κ1) is 18.6. The molecule has 0 saturated carbocycles. The fraction of sp³-hybridized carbons (Fsp3) is 0.409. The lowest BCUT2D eigenvalue weighted by Gasteiger charge is -2.37. The number of fused-ring (bicyclic) bond motifs is 2. The summed E-state index contributed by atoms with van der Waals surface area (Å²) in [5.41, 5.74) is 9.12. The molecular formula is C22H27N3O3. The van der Waals surface area contributed by atoms with E-state index in [1.807, 2.05) is 18.2 Å². The molecule has 148 valence electrons. The first-order chi connectivity index (χ1) is 13.7. The number of aliphatic imine (C=N–C) groups is 1. The van der Waals surface area contributed by atoms with Crippen molar-refractivity contribution in [1.82, 2.24) is 0 Å². The maximum Gasteiger partial charge on any atom is 0.193 e. The molecule has 6 nitrogen and oxygen atoms in total. The first-order valence-corrected chi connectivity index (χ1v) is 9.89. The second-order valence-corrected chi connectivity index (χ2v) is 7.14. The van der Waals surface area contributed by atoms with Crippen molar-refractivity contribution in [3.05, 3.63) is 53.6 Å². The van der Waals surface area contributed by atoms with Gasteiger partial charge in [-0.3, -0.25) is 0 Å². The van der Waals surface area contributed by atoms with Crippen LogP contribution in [0.5, 0.6) is 11.5 Å². The molecule has 0 aliphatic carbocycles. The van der Waals surface area contributed by atoms with Gasteiger partial charge in [0, 0.05) is 18.2 Å². The summed E-state index contributed by atoms with van der Waals surface area (Å²) < 4.78 is 17.6. The molecule has 2 aliphatic heterocycles. The molecule has 4 rings (SSSR count). The molecule has 2 aliphatic rings. The summed E-state index contributed by atoms with van der Waals surface area (Å²) in [4.78, 5) is 4.60. The van der Waals surface area contributed by atoms with E-state index in [1.165, 1.54) is 11.1 Å². The van der Waals surface area contributed by atoms with Gasteiger partial charge in [0.2, 0.25) is 0 Å². The lowest BCUT2D eigenvalue weighted by atomic mass is 9.84. The molecule has 2 aromatic rings. The molecule has 28 heavy (non-hydrogen) atoms. The number of nitrogens with two attached hydrogens (primary N) is 1. The van der Waals surface area contributed by atoms with Crippen molar-refractivity contribution < 1.29 is 14.2 Å². The van der Waals surface area contributed by atoms with E-state index in [9.17, 15) is 0 Å². The molecule has 0 bridgehead atoms. The van der Waals surface area contributed by atoms with Gasteiger partial charge < -0.3 is 25.3 Å². The fourth-order valence-electron chi connectivity index (χ4n) is 3.79. The fourth-order valence-corrected chi connectivity index (χ4v) is 3.79. The van der Waals surface area contributed by atoms with Crippen molar-refractivity contribution in [2.45, 2.75) is 31.8 Å². The molecule has 2 aromatic carbocycles. The molecule has 0 saturated heterocycles. The summed E-state index contributed by atoms with van der Waals surface area (Å²) in [7, 11) is 0. The maximum absolute atomic E-state index is 6.20. The number of nitrogens with zero attached hydrogens (tertiary/aromatic N) is 1. The standard InChI is InChI=1S/C22H27N3O3/c1-2-22(18-7-4-3-6-16(18)10-13-28-22)15-24-21(23)25-17-8-9-19-20(14-17)27-12-5-11-26-19/h3-4,6-9,14H,2,5,10-13,15H2,1H3,(H3,23,24,25). The smallest absolute Gasteiger partial charge is 0.193 e. The number of hydrogen-bond acceptors (Lipinski definition) is 4. The highest BCUT2D eigenvalue weighted by Gasteiger charge is 2.36. The molecule has 1 unspecified atom stereocenters. The number of benzene rings is 2. The third-order valence-corrected chi connectivity index (χ3v) is 5.35. The quantitative estimate of drug-likeness (QED) is 0.626.